The Kier molecular flexibility index (Phi) is 5.82. The van der Waals surface area contributed by atoms with Crippen LogP contribution in [0.15, 0.2) is 18.2 Å². The van der Waals surface area contributed by atoms with Crippen LogP contribution >= 0.6 is 0 Å². The van der Waals surface area contributed by atoms with E-state index in [4.69, 9.17) is 10.5 Å². The Balaban J connectivity index is 2.65. The first-order chi connectivity index (χ1) is 9.36. The summed E-state index contributed by atoms with van der Waals surface area (Å²) in [5.74, 6) is -0.563. The smallest absolute Gasteiger partial charge is 0.398 e. The molecule has 7 heteroatoms. The zero-order chi connectivity index (χ0) is 15.2. The van der Waals surface area contributed by atoms with Crippen molar-refractivity contribution in [1.82, 2.24) is 5.32 Å². The molecule has 0 atom stereocenters. The van der Waals surface area contributed by atoms with E-state index in [0.29, 0.717) is 26.2 Å². The molecule has 0 saturated carbocycles. The van der Waals surface area contributed by atoms with Gasteiger partial charge in [-0.3, -0.25) is 4.79 Å². The number of halogens is 3. The second kappa shape index (κ2) is 7.14. The van der Waals surface area contributed by atoms with Gasteiger partial charge in [0.25, 0.3) is 5.91 Å². The van der Waals surface area contributed by atoms with Crippen molar-refractivity contribution in [3.05, 3.63) is 29.3 Å². The Labute approximate surface area is 115 Å². The summed E-state index contributed by atoms with van der Waals surface area (Å²) in [6, 6.07) is 3.10. The van der Waals surface area contributed by atoms with Gasteiger partial charge in [0.2, 0.25) is 0 Å². The number of benzene rings is 1. The highest BCUT2D eigenvalue weighted by Crippen LogP contribution is 2.33. The van der Waals surface area contributed by atoms with Crippen LogP contribution in [0, 0.1) is 0 Å². The first-order valence-corrected chi connectivity index (χ1v) is 6.19. The van der Waals surface area contributed by atoms with Gasteiger partial charge in [0.15, 0.2) is 0 Å². The van der Waals surface area contributed by atoms with Crippen molar-refractivity contribution in [2.24, 2.45) is 0 Å². The summed E-state index contributed by atoms with van der Waals surface area (Å²) in [6.45, 7) is 3.27. The van der Waals surface area contributed by atoms with Crippen molar-refractivity contribution in [1.29, 1.82) is 0 Å². The second-order valence-electron chi connectivity index (χ2n) is 4.11. The number of hydrogen-bond acceptors (Lipinski definition) is 3. The average Bonchev–Trinajstić information content (AvgIpc) is 2.37. The van der Waals surface area contributed by atoms with E-state index in [2.05, 4.69) is 5.32 Å². The molecule has 3 N–H and O–H groups in total. The van der Waals surface area contributed by atoms with E-state index < -0.39 is 23.3 Å². The number of ether oxygens (including phenoxy) is 1. The zero-order valence-corrected chi connectivity index (χ0v) is 11.1. The largest absolute Gasteiger partial charge is 0.418 e. The number of nitrogens with one attached hydrogen (secondary N) is 1. The van der Waals surface area contributed by atoms with Gasteiger partial charge in [-0.05, 0) is 31.5 Å². The minimum Gasteiger partial charge on any atom is -0.398 e. The number of anilines is 1. The fraction of sp³-hybridized carbons (Fsp3) is 0.462. The van der Waals surface area contributed by atoms with Crippen LogP contribution < -0.4 is 11.1 Å². The van der Waals surface area contributed by atoms with E-state index in [1.54, 1.807) is 0 Å². The molecule has 0 aliphatic carbocycles. The molecule has 0 saturated heterocycles. The molecule has 1 rings (SSSR count). The maximum absolute atomic E-state index is 12.7. The zero-order valence-electron chi connectivity index (χ0n) is 11.1. The van der Waals surface area contributed by atoms with E-state index >= 15 is 0 Å². The van der Waals surface area contributed by atoms with E-state index in [-0.39, 0.29) is 5.56 Å². The molecule has 0 bridgehead atoms. The van der Waals surface area contributed by atoms with Crippen LogP contribution in [0.5, 0.6) is 0 Å². The molecular weight excluding hydrogens is 273 g/mol. The van der Waals surface area contributed by atoms with Crippen LogP contribution in [0.3, 0.4) is 0 Å². The molecule has 1 amide bonds. The molecule has 0 aromatic heterocycles. The number of alkyl halides is 3. The van der Waals surface area contributed by atoms with Gasteiger partial charge in [0.05, 0.1) is 5.56 Å². The Morgan fingerprint density at radius 1 is 1.40 bits per heavy atom. The van der Waals surface area contributed by atoms with Gasteiger partial charge in [-0.25, -0.2) is 0 Å². The molecule has 1 aromatic carbocycles. The molecular formula is C13H17F3N2O2. The third kappa shape index (κ3) is 4.73. The summed E-state index contributed by atoms with van der Waals surface area (Å²) >= 11 is 0. The van der Waals surface area contributed by atoms with E-state index in [9.17, 15) is 18.0 Å². The van der Waals surface area contributed by atoms with Crippen LogP contribution in [0.4, 0.5) is 18.9 Å². The van der Waals surface area contributed by atoms with Gasteiger partial charge < -0.3 is 15.8 Å². The Morgan fingerprint density at radius 3 is 2.70 bits per heavy atom. The standard InChI is InChI=1S/C13H17F3N2O2/c1-2-20-7-3-6-18-12(19)9-4-5-11(17)10(8-9)13(14,15)16/h4-5,8H,2-3,6-7,17H2,1H3,(H,18,19). The van der Waals surface area contributed by atoms with Gasteiger partial charge in [0, 0.05) is 31.0 Å². The summed E-state index contributed by atoms with van der Waals surface area (Å²) in [5.41, 5.74) is 3.80. The summed E-state index contributed by atoms with van der Waals surface area (Å²) in [6.07, 6.45) is -3.98. The highest BCUT2D eigenvalue weighted by Gasteiger charge is 2.33. The molecule has 1 aromatic rings. The summed E-state index contributed by atoms with van der Waals surface area (Å²) in [5, 5.41) is 2.53. The Hall–Kier alpha value is -1.76. The van der Waals surface area contributed by atoms with Crippen molar-refractivity contribution in [2.45, 2.75) is 19.5 Å². The SMILES string of the molecule is CCOCCCNC(=O)c1ccc(N)c(C(F)(F)F)c1. The second-order valence-corrected chi connectivity index (χ2v) is 4.11. The molecule has 20 heavy (non-hydrogen) atoms. The molecule has 0 heterocycles. The fourth-order valence-electron chi connectivity index (χ4n) is 1.57. The fourth-order valence-corrected chi connectivity index (χ4v) is 1.57. The number of amides is 1. The maximum atomic E-state index is 12.7. The lowest BCUT2D eigenvalue weighted by atomic mass is 10.1. The van der Waals surface area contributed by atoms with E-state index in [1.807, 2.05) is 6.92 Å². The first kappa shape index (κ1) is 16.3. The molecule has 0 aliphatic rings. The maximum Gasteiger partial charge on any atom is 0.418 e. The number of nitrogens with two attached hydrogens (primary N) is 1. The van der Waals surface area contributed by atoms with E-state index in [0.717, 1.165) is 12.1 Å². The summed E-state index contributed by atoms with van der Waals surface area (Å²) < 4.78 is 43.0. The number of carbonyl (C=O) groups excluding carboxylic acids is 1. The van der Waals surface area contributed by atoms with Crippen LogP contribution in [0.2, 0.25) is 0 Å². The van der Waals surface area contributed by atoms with Gasteiger partial charge in [-0.15, -0.1) is 0 Å². The predicted octanol–water partition coefficient (Wildman–Crippen LogP) is 2.44. The van der Waals surface area contributed by atoms with Gasteiger partial charge in [0.1, 0.15) is 0 Å². The van der Waals surface area contributed by atoms with E-state index in [1.165, 1.54) is 6.07 Å². The Morgan fingerprint density at radius 2 is 2.10 bits per heavy atom. The number of hydrogen-bond donors (Lipinski definition) is 2. The van der Waals surface area contributed by atoms with Crippen LogP contribution in [-0.2, 0) is 10.9 Å². The van der Waals surface area contributed by atoms with Crippen molar-refractivity contribution < 1.29 is 22.7 Å². The number of carbonyl (C=O) groups is 1. The van der Waals surface area contributed by atoms with Crippen molar-refractivity contribution in [2.75, 3.05) is 25.5 Å². The third-order valence-corrected chi connectivity index (χ3v) is 2.58. The average molecular weight is 290 g/mol. The monoisotopic (exact) mass is 290 g/mol. The van der Waals surface area contributed by atoms with Gasteiger partial charge in [-0.2, -0.15) is 13.2 Å². The lowest BCUT2D eigenvalue weighted by Crippen LogP contribution is -2.25. The first-order valence-electron chi connectivity index (χ1n) is 6.19. The number of nitrogen functional groups attached to an aromatic ring is 1. The van der Waals surface area contributed by atoms with Crippen LogP contribution in [0.1, 0.15) is 29.3 Å². The van der Waals surface area contributed by atoms with Gasteiger partial charge in [-0.1, -0.05) is 0 Å². The quantitative estimate of drug-likeness (QED) is 0.625. The number of rotatable bonds is 6. The normalized spacial score (nSPS) is 11.4. The third-order valence-electron chi connectivity index (χ3n) is 2.58. The predicted molar refractivity (Wildman–Crippen MR) is 69.3 cm³/mol. The molecule has 0 aliphatic heterocycles. The van der Waals surface area contributed by atoms with Crippen molar-refractivity contribution in [3.8, 4) is 0 Å². The summed E-state index contributed by atoms with van der Waals surface area (Å²) in [7, 11) is 0. The minimum absolute atomic E-state index is 0.0667. The highest BCUT2D eigenvalue weighted by molar-refractivity contribution is 5.94. The topological polar surface area (TPSA) is 64.3 Å². The highest BCUT2D eigenvalue weighted by atomic mass is 19.4. The lowest BCUT2D eigenvalue weighted by molar-refractivity contribution is -0.136. The molecule has 4 nitrogen and oxygen atoms in total. The molecule has 0 spiro atoms. The molecule has 0 radical (unpaired) electrons. The summed E-state index contributed by atoms with van der Waals surface area (Å²) in [4.78, 5) is 11.7. The van der Waals surface area contributed by atoms with Gasteiger partial charge >= 0.3 is 6.18 Å². The van der Waals surface area contributed by atoms with Crippen molar-refractivity contribution >= 4 is 11.6 Å². The van der Waals surface area contributed by atoms with Crippen LogP contribution in [-0.4, -0.2) is 25.7 Å². The minimum atomic E-state index is -4.57. The van der Waals surface area contributed by atoms with Crippen LogP contribution in [0.25, 0.3) is 0 Å². The molecule has 0 unspecified atom stereocenters. The molecule has 112 valence electrons. The lowest BCUT2D eigenvalue weighted by Gasteiger charge is -2.12. The Bertz CT molecular complexity index is 461. The molecule has 0 fully saturated rings. The van der Waals surface area contributed by atoms with Crippen molar-refractivity contribution in [3.63, 3.8) is 0 Å².